The van der Waals surface area contributed by atoms with Crippen LogP contribution in [0.3, 0.4) is 0 Å². The molecule has 1 fully saturated rings. The molecule has 1 aliphatic heterocycles. The third-order valence-electron chi connectivity index (χ3n) is 0.691. The number of carbonyl (C=O) groups excluding carboxylic acids is 1. The molecular weight excluding hydrogens is 130 g/mol. The molecular formula is C3H5NOS2. The van der Waals surface area contributed by atoms with Gasteiger partial charge in [-0.15, -0.1) is 0 Å². The van der Waals surface area contributed by atoms with Crippen molar-refractivity contribution in [3.8, 4) is 0 Å². The molecule has 0 bridgehead atoms. The maximum Gasteiger partial charge on any atom is 0.216 e. The molecule has 0 radical (unpaired) electrons. The van der Waals surface area contributed by atoms with Gasteiger partial charge in [-0.3, -0.25) is 4.79 Å². The number of nitrogens with two attached hydrogens (primary N) is 1. The molecule has 0 aromatic rings. The third-order valence-corrected chi connectivity index (χ3v) is 3.03. The fourth-order valence-electron chi connectivity index (χ4n) is 0.295. The van der Waals surface area contributed by atoms with Crippen LogP contribution < -0.4 is 5.73 Å². The van der Waals surface area contributed by atoms with Gasteiger partial charge in [0.1, 0.15) is 0 Å². The van der Waals surface area contributed by atoms with E-state index in [-0.39, 0.29) is 11.2 Å². The van der Waals surface area contributed by atoms with Crippen LogP contribution in [-0.2, 0) is 4.79 Å². The van der Waals surface area contributed by atoms with Crippen molar-refractivity contribution in [2.24, 2.45) is 5.73 Å². The van der Waals surface area contributed by atoms with Gasteiger partial charge in [-0.25, -0.2) is 0 Å². The molecule has 1 unspecified atom stereocenters. The minimum Gasteiger partial charge on any atom is -0.320 e. The maximum absolute atomic E-state index is 10.4. The van der Waals surface area contributed by atoms with Gasteiger partial charge in [-0.2, -0.15) is 0 Å². The Kier molecular flexibility index (Phi) is 1.61. The van der Waals surface area contributed by atoms with Gasteiger partial charge in [0.05, 0.1) is 6.04 Å². The lowest BCUT2D eigenvalue weighted by Gasteiger charge is -1.89. The van der Waals surface area contributed by atoms with E-state index in [0.29, 0.717) is 0 Å². The van der Waals surface area contributed by atoms with Gasteiger partial charge in [0.25, 0.3) is 0 Å². The fraction of sp³-hybridized carbons (Fsp3) is 0.667. The summed E-state index contributed by atoms with van der Waals surface area (Å²) in [5.41, 5.74) is 5.29. The molecule has 40 valence electrons. The van der Waals surface area contributed by atoms with Crippen LogP contribution in [0.4, 0.5) is 0 Å². The van der Waals surface area contributed by atoms with Crippen molar-refractivity contribution in [3.05, 3.63) is 0 Å². The van der Waals surface area contributed by atoms with E-state index < -0.39 is 0 Å². The molecule has 0 saturated carbocycles. The summed E-state index contributed by atoms with van der Waals surface area (Å²) in [5.74, 6) is 0.781. The number of rotatable bonds is 0. The molecule has 1 atom stereocenters. The maximum atomic E-state index is 10.4. The minimum atomic E-state index is -0.199. The van der Waals surface area contributed by atoms with Crippen LogP contribution in [0.25, 0.3) is 0 Å². The van der Waals surface area contributed by atoms with Crippen molar-refractivity contribution in [1.29, 1.82) is 0 Å². The zero-order chi connectivity index (χ0) is 5.28. The second kappa shape index (κ2) is 2.07. The highest BCUT2D eigenvalue weighted by atomic mass is 33.1. The largest absolute Gasteiger partial charge is 0.320 e. The molecule has 7 heavy (non-hydrogen) atoms. The normalized spacial score (nSPS) is 31.6. The Morgan fingerprint density at radius 2 is 2.57 bits per heavy atom. The van der Waals surface area contributed by atoms with Gasteiger partial charge < -0.3 is 5.73 Å². The molecule has 2 nitrogen and oxygen atoms in total. The molecule has 4 heteroatoms. The van der Waals surface area contributed by atoms with Crippen LogP contribution in [0.15, 0.2) is 0 Å². The molecule has 0 aromatic carbocycles. The average Bonchev–Trinajstić information content (AvgIpc) is 1.91. The fourth-order valence-corrected chi connectivity index (χ4v) is 2.45. The summed E-state index contributed by atoms with van der Waals surface area (Å²) in [4.78, 5) is 10.4. The van der Waals surface area contributed by atoms with Crippen molar-refractivity contribution in [1.82, 2.24) is 0 Å². The lowest BCUT2D eigenvalue weighted by atomic mass is 10.4. The van der Waals surface area contributed by atoms with E-state index in [2.05, 4.69) is 0 Å². The quantitative estimate of drug-likeness (QED) is 0.483. The van der Waals surface area contributed by atoms with Crippen molar-refractivity contribution < 1.29 is 4.79 Å². The lowest BCUT2D eigenvalue weighted by Crippen LogP contribution is -2.25. The summed E-state index contributed by atoms with van der Waals surface area (Å²) in [6.07, 6.45) is 0. The Labute approximate surface area is 49.6 Å². The van der Waals surface area contributed by atoms with E-state index in [4.69, 9.17) is 5.73 Å². The summed E-state index contributed by atoms with van der Waals surface area (Å²) < 4.78 is 0. The standard InChI is InChI=1S/C3H5NOS2/c4-2-1-6-7-3(2)5/h2H,1,4H2. The average molecular weight is 135 g/mol. The van der Waals surface area contributed by atoms with E-state index >= 15 is 0 Å². The van der Waals surface area contributed by atoms with E-state index in [0.717, 1.165) is 5.75 Å². The van der Waals surface area contributed by atoms with Crippen molar-refractivity contribution >= 4 is 26.7 Å². The first kappa shape index (κ1) is 5.47. The topological polar surface area (TPSA) is 43.1 Å². The summed E-state index contributed by atoms with van der Waals surface area (Å²) in [6.45, 7) is 0. The zero-order valence-electron chi connectivity index (χ0n) is 3.59. The van der Waals surface area contributed by atoms with Crippen LogP contribution >= 0.6 is 21.6 Å². The van der Waals surface area contributed by atoms with E-state index in [9.17, 15) is 4.79 Å². The number of hydrogen-bond donors (Lipinski definition) is 1. The second-order valence-corrected chi connectivity index (χ2v) is 3.64. The SMILES string of the molecule is NC1CSSC1=O. The van der Waals surface area contributed by atoms with Crippen molar-refractivity contribution in [2.45, 2.75) is 6.04 Å². The predicted octanol–water partition coefficient (Wildman–Crippen LogP) is 0.235. The molecule has 1 saturated heterocycles. The van der Waals surface area contributed by atoms with Gasteiger partial charge in [0.2, 0.25) is 5.12 Å². The minimum absolute atomic E-state index is 0.116. The van der Waals surface area contributed by atoms with E-state index in [1.54, 1.807) is 0 Å². The first-order valence-electron chi connectivity index (χ1n) is 1.89. The highest BCUT2D eigenvalue weighted by molar-refractivity contribution is 8.83. The van der Waals surface area contributed by atoms with Crippen LogP contribution in [0, 0.1) is 0 Å². The van der Waals surface area contributed by atoms with E-state index in [1.165, 1.54) is 21.6 Å². The highest BCUT2D eigenvalue weighted by Gasteiger charge is 2.21. The van der Waals surface area contributed by atoms with Gasteiger partial charge >= 0.3 is 0 Å². The second-order valence-electron chi connectivity index (χ2n) is 1.29. The Morgan fingerprint density at radius 3 is 2.71 bits per heavy atom. The van der Waals surface area contributed by atoms with Crippen LogP contribution in [0.1, 0.15) is 0 Å². The van der Waals surface area contributed by atoms with Crippen LogP contribution in [0.5, 0.6) is 0 Å². The summed E-state index contributed by atoms with van der Waals surface area (Å²) in [7, 11) is 2.79. The van der Waals surface area contributed by atoms with Gasteiger partial charge in [0.15, 0.2) is 0 Å². The molecule has 0 spiro atoms. The number of carbonyl (C=O) groups is 1. The molecule has 0 aromatic heterocycles. The Morgan fingerprint density at radius 1 is 1.86 bits per heavy atom. The summed E-state index contributed by atoms with van der Waals surface area (Å²) in [6, 6.07) is -0.199. The molecule has 0 aliphatic carbocycles. The van der Waals surface area contributed by atoms with Crippen molar-refractivity contribution in [3.63, 3.8) is 0 Å². The number of hydrogen-bond acceptors (Lipinski definition) is 4. The Bertz CT molecular complexity index is 94.9. The Hall–Kier alpha value is 0.330. The molecule has 2 N–H and O–H groups in total. The summed E-state index contributed by atoms with van der Waals surface area (Å²) >= 11 is 0. The van der Waals surface area contributed by atoms with Gasteiger partial charge in [-0.1, -0.05) is 10.8 Å². The molecule has 1 heterocycles. The summed E-state index contributed by atoms with van der Waals surface area (Å²) in [5, 5.41) is 0.116. The third kappa shape index (κ3) is 1.11. The molecule has 1 rings (SSSR count). The monoisotopic (exact) mass is 135 g/mol. The zero-order valence-corrected chi connectivity index (χ0v) is 5.22. The van der Waals surface area contributed by atoms with Crippen LogP contribution in [0.2, 0.25) is 0 Å². The smallest absolute Gasteiger partial charge is 0.216 e. The predicted molar refractivity (Wildman–Crippen MR) is 33.0 cm³/mol. The van der Waals surface area contributed by atoms with E-state index in [1.807, 2.05) is 0 Å². The molecule has 0 amide bonds. The van der Waals surface area contributed by atoms with Gasteiger partial charge in [0, 0.05) is 5.75 Å². The lowest BCUT2D eigenvalue weighted by molar-refractivity contribution is -0.111. The highest BCUT2D eigenvalue weighted by Crippen LogP contribution is 2.30. The first-order valence-corrected chi connectivity index (χ1v) is 4.21. The molecule has 1 aliphatic rings. The van der Waals surface area contributed by atoms with Crippen LogP contribution in [-0.4, -0.2) is 16.9 Å². The van der Waals surface area contributed by atoms with Crippen molar-refractivity contribution in [2.75, 3.05) is 5.75 Å². The van der Waals surface area contributed by atoms with Gasteiger partial charge in [-0.05, 0) is 10.8 Å². The first-order chi connectivity index (χ1) is 3.30. The Balaban J connectivity index is 2.48.